The lowest BCUT2D eigenvalue weighted by molar-refractivity contribution is 0.0904. The molecule has 174 valence electrons. The molecule has 0 saturated carbocycles. The van der Waals surface area contributed by atoms with Crippen LogP contribution in [0, 0.1) is 6.92 Å². The van der Waals surface area contributed by atoms with Crippen molar-refractivity contribution in [2.24, 2.45) is 0 Å². The number of aromatic nitrogens is 1. The maximum Gasteiger partial charge on any atom is 0.253 e. The summed E-state index contributed by atoms with van der Waals surface area (Å²) in [6.45, 7) is 3.77. The number of hydrogen-bond donors (Lipinski definition) is 2. The molecule has 0 spiro atoms. The average molecular weight is 468 g/mol. The number of anilines is 1. The van der Waals surface area contributed by atoms with Crippen LogP contribution in [0.15, 0.2) is 47.3 Å². The Balaban J connectivity index is 1.62. The third kappa shape index (κ3) is 5.46. The van der Waals surface area contributed by atoms with Crippen LogP contribution in [0.1, 0.15) is 24.0 Å². The van der Waals surface area contributed by atoms with Crippen LogP contribution in [0.3, 0.4) is 0 Å². The van der Waals surface area contributed by atoms with Crippen LogP contribution < -0.4 is 20.3 Å². The zero-order chi connectivity index (χ0) is 23.4. The van der Waals surface area contributed by atoms with Crippen molar-refractivity contribution in [3.8, 4) is 11.5 Å². The number of aromatic amines is 1. The third-order valence-corrected chi connectivity index (χ3v) is 6.18. The fourth-order valence-corrected chi connectivity index (χ4v) is 4.25. The predicted octanol–water partition coefficient (Wildman–Crippen LogP) is 4.23. The number of benzene rings is 2. The molecule has 2 heterocycles. The molecule has 4 rings (SSSR count). The molecule has 33 heavy (non-hydrogen) atoms. The largest absolute Gasteiger partial charge is 0.493 e. The second kappa shape index (κ2) is 10.2. The maximum atomic E-state index is 12.9. The van der Waals surface area contributed by atoms with Crippen molar-refractivity contribution in [1.82, 2.24) is 9.88 Å². The molecule has 7 nitrogen and oxygen atoms in total. The first-order chi connectivity index (χ1) is 16.0. The van der Waals surface area contributed by atoms with Crippen molar-refractivity contribution < 1.29 is 14.2 Å². The minimum absolute atomic E-state index is 0.0895. The summed E-state index contributed by atoms with van der Waals surface area (Å²) in [4.78, 5) is 17.9. The van der Waals surface area contributed by atoms with Gasteiger partial charge in [-0.15, -0.1) is 0 Å². The summed E-state index contributed by atoms with van der Waals surface area (Å²) < 4.78 is 16.6. The summed E-state index contributed by atoms with van der Waals surface area (Å²) in [7, 11) is 3.16. The number of methoxy groups -OCH3 is 2. The highest BCUT2D eigenvalue weighted by atomic mass is 32.1. The number of nitrogens with one attached hydrogen (secondary N) is 2. The molecule has 0 radical (unpaired) electrons. The monoisotopic (exact) mass is 467 g/mol. The van der Waals surface area contributed by atoms with Gasteiger partial charge >= 0.3 is 0 Å². The van der Waals surface area contributed by atoms with Crippen molar-refractivity contribution in [1.29, 1.82) is 0 Å². The molecule has 0 bridgehead atoms. The first-order valence-corrected chi connectivity index (χ1v) is 11.4. The van der Waals surface area contributed by atoms with Gasteiger partial charge in [-0.25, -0.2) is 0 Å². The molecule has 1 atom stereocenters. The summed E-state index contributed by atoms with van der Waals surface area (Å²) in [5, 5.41) is 4.72. The molecule has 1 aromatic heterocycles. The molecular weight excluding hydrogens is 438 g/mol. The Labute approximate surface area is 198 Å². The van der Waals surface area contributed by atoms with E-state index in [9.17, 15) is 4.79 Å². The summed E-state index contributed by atoms with van der Waals surface area (Å²) in [6, 6.07) is 13.6. The van der Waals surface area contributed by atoms with E-state index in [2.05, 4.69) is 10.3 Å². The van der Waals surface area contributed by atoms with Crippen LogP contribution in [-0.4, -0.2) is 48.5 Å². The summed E-state index contributed by atoms with van der Waals surface area (Å²) >= 11 is 5.75. The molecule has 2 N–H and O–H groups in total. The van der Waals surface area contributed by atoms with Gasteiger partial charge in [0.2, 0.25) is 0 Å². The molecule has 1 aliphatic heterocycles. The van der Waals surface area contributed by atoms with Crippen LogP contribution in [-0.2, 0) is 11.3 Å². The highest BCUT2D eigenvalue weighted by Crippen LogP contribution is 2.31. The highest BCUT2D eigenvalue weighted by Gasteiger charge is 2.22. The zero-order valence-corrected chi connectivity index (χ0v) is 20.0. The van der Waals surface area contributed by atoms with Crippen LogP contribution in [0.2, 0.25) is 0 Å². The molecule has 2 aromatic carbocycles. The zero-order valence-electron chi connectivity index (χ0n) is 19.1. The Hall–Kier alpha value is -3.10. The van der Waals surface area contributed by atoms with E-state index in [0.29, 0.717) is 40.8 Å². The van der Waals surface area contributed by atoms with Crippen molar-refractivity contribution in [2.45, 2.75) is 32.4 Å². The highest BCUT2D eigenvalue weighted by molar-refractivity contribution is 7.80. The fraction of sp³-hybridized carbons (Fsp3) is 0.360. The molecule has 3 aromatic rings. The minimum atomic E-state index is -0.162. The SMILES string of the molecule is COc1cc2cc(CN(C[C@@H]3CCCO3)C(=S)Nc3ccc(C)cc3)c(=O)[nH]c2cc1OC. The Bertz CT molecular complexity index is 1190. The van der Waals surface area contributed by atoms with Gasteiger partial charge in [0.1, 0.15) is 0 Å². The molecule has 0 aliphatic carbocycles. The molecule has 1 saturated heterocycles. The van der Waals surface area contributed by atoms with E-state index >= 15 is 0 Å². The van der Waals surface area contributed by atoms with Gasteiger partial charge in [-0.3, -0.25) is 4.79 Å². The lowest BCUT2D eigenvalue weighted by Gasteiger charge is -2.28. The lowest BCUT2D eigenvalue weighted by Crippen LogP contribution is -2.40. The van der Waals surface area contributed by atoms with Crippen molar-refractivity contribution >= 4 is 33.9 Å². The normalized spacial score (nSPS) is 15.4. The number of thiocarbonyl (C=S) groups is 1. The Morgan fingerprint density at radius 2 is 1.91 bits per heavy atom. The second-order valence-corrected chi connectivity index (χ2v) is 8.62. The van der Waals surface area contributed by atoms with Gasteiger partial charge < -0.3 is 29.4 Å². The average Bonchev–Trinajstić information content (AvgIpc) is 3.33. The van der Waals surface area contributed by atoms with Gasteiger partial charge in [-0.2, -0.15) is 0 Å². The van der Waals surface area contributed by atoms with E-state index in [-0.39, 0.29) is 11.7 Å². The van der Waals surface area contributed by atoms with E-state index in [4.69, 9.17) is 26.4 Å². The van der Waals surface area contributed by atoms with Gasteiger partial charge in [0.05, 0.1) is 32.4 Å². The summed E-state index contributed by atoms with van der Waals surface area (Å²) in [5.74, 6) is 1.17. The van der Waals surface area contributed by atoms with Crippen molar-refractivity contribution in [2.75, 3.05) is 32.7 Å². The first kappa shape index (κ1) is 23.1. The van der Waals surface area contributed by atoms with Crippen LogP contribution in [0.5, 0.6) is 11.5 Å². The van der Waals surface area contributed by atoms with E-state index in [1.54, 1.807) is 20.3 Å². The van der Waals surface area contributed by atoms with E-state index in [1.807, 2.05) is 48.2 Å². The molecule has 0 unspecified atom stereocenters. The van der Waals surface area contributed by atoms with E-state index < -0.39 is 0 Å². The Morgan fingerprint density at radius 3 is 2.58 bits per heavy atom. The summed E-state index contributed by atoms with van der Waals surface area (Å²) in [6.07, 6.45) is 2.11. The minimum Gasteiger partial charge on any atom is -0.493 e. The van der Waals surface area contributed by atoms with Crippen molar-refractivity contribution in [3.05, 3.63) is 63.9 Å². The van der Waals surface area contributed by atoms with Gasteiger partial charge in [0.25, 0.3) is 5.56 Å². The number of rotatable bonds is 7. The number of ether oxygens (including phenoxy) is 3. The number of pyridine rings is 1. The number of hydrogen-bond acceptors (Lipinski definition) is 5. The van der Waals surface area contributed by atoms with Gasteiger partial charge in [-0.05, 0) is 56.2 Å². The Kier molecular flexibility index (Phi) is 7.15. The molecular formula is C25H29N3O4S. The molecule has 1 fully saturated rings. The standard InChI is InChI=1S/C25H29N3O4S/c1-16-6-8-19(9-7-16)26-25(33)28(15-20-5-4-10-32-20)14-18-11-17-12-22(30-2)23(31-3)13-21(17)27-24(18)29/h6-9,11-13,20H,4-5,10,14-15H2,1-3H3,(H,26,33)(H,27,29)/t20-/m0/s1. The molecule has 8 heteroatoms. The first-order valence-electron chi connectivity index (χ1n) is 11.0. The van der Waals surface area contributed by atoms with Crippen LogP contribution in [0.25, 0.3) is 10.9 Å². The van der Waals surface area contributed by atoms with Gasteiger partial charge in [0.15, 0.2) is 16.6 Å². The second-order valence-electron chi connectivity index (χ2n) is 8.23. The quantitative estimate of drug-likeness (QED) is 0.504. The van der Waals surface area contributed by atoms with Gasteiger partial charge in [-0.1, -0.05) is 17.7 Å². The number of fused-ring (bicyclic) bond motifs is 1. The fourth-order valence-electron chi connectivity index (χ4n) is 3.99. The molecule has 1 aliphatic rings. The van der Waals surface area contributed by atoms with Crippen LogP contribution in [0.4, 0.5) is 5.69 Å². The third-order valence-electron chi connectivity index (χ3n) is 5.82. The van der Waals surface area contributed by atoms with Crippen LogP contribution >= 0.6 is 12.2 Å². The van der Waals surface area contributed by atoms with Gasteiger partial charge in [0, 0.05) is 35.9 Å². The predicted molar refractivity (Wildman–Crippen MR) is 134 cm³/mol. The Morgan fingerprint density at radius 1 is 1.18 bits per heavy atom. The number of nitrogens with zero attached hydrogens (tertiary/aromatic N) is 1. The summed E-state index contributed by atoms with van der Waals surface area (Å²) in [5.41, 5.74) is 3.23. The topological polar surface area (TPSA) is 75.8 Å². The lowest BCUT2D eigenvalue weighted by atomic mass is 10.1. The van der Waals surface area contributed by atoms with E-state index in [0.717, 1.165) is 30.5 Å². The smallest absolute Gasteiger partial charge is 0.253 e. The molecule has 0 amide bonds. The van der Waals surface area contributed by atoms with E-state index in [1.165, 1.54) is 5.56 Å². The number of aryl methyl sites for hydroxylation is 1. The number of H-pyrrole nitrogens is 1. The van der Waals surface area contributed by atoms with Crippen molar-refractivity contribution in [3.63, 3.8) is 0 Å². The maximum absolute atomic E-state index is 12.9.